The predicted octanol–water partition coefficient (Wildman–Crippen LogP) is 3.07. The SMILES string of the molecule is CSc1cc(C)ccc1-c1cc(C(=O)O)no1. The van der Waals surface area contributed by atoms with Crippen LogP contribution in [0.2, 0.25) is 0 Å². The molecular formula is C12H11NO3S. The summed E-state index contributed by atoms with van der Waals surface area (Å²) in [5.41, 5.74) is 1.94. The Balaban J connectivity index is 2.48. The number of thioether (sulfide) groups is 1. The maximum Gasteiger partial charge on any atom is 0.358 e. The van der Waals surface area contributed by atoms with Gasteiger partial charge < -0.3 is 9.63 Å². The zero-order valence-corrected chi connectivity index (χ0v) is 10.2. The minimum Gasteiger partial charge on any atom is -0.476 e. The van der Waals surface area contributed by atoms with Gasteiger partial charge in [-0.05, 0) is 30.9 Å². The summed E-state index contributed by atoms with van der Waals surface area (Å²) < 4.78 is 5.05. The molecule has 5 heteroatoms. The number of aryl methyl sites for hydroxylation is 1. The van der Waals surface area contributed by atoms with Crippen LogP contribution in [0, 0.1) is 6.92 Å². The number of carbonyl (C=O) groups is 1. The minimum absolute atomic E-state index is 0.0763. The van der Waals surface area contributed by atoms with Crippen molar-refractivity contribution < 1.29 is 14.4 Å². The summed E-state index contributed by atoms with van der Waals surface area (Å²) in [5, 5.41) is 12.3. The highest BCUT2D eigenvalue weighted by molar-refractivity contribution is 7.98. The first kappa shape index (κ1) is 11.7. The Kier molecular flexibility index (Phi) is 3.19. The molecule has 17 heavy (non-hydrogen) atoms. The number of carboxylic acids is 1. The smallest absolute Gasteiger partial charge is 0.358 e. The largest absolute Gasteiger partial charge is 0.476 e. The summed E-state index contributed by atoms with van der Waals surface area (Å²) >= 11 is 1.59. The van der Waals surface area contributed by atoms with Crippen molar-refractivity contribution in [3.05, 3.63) is 35.5 Å². The van der Waals surface area contributed by atoms with Crippen LogP contribution in [0.4, 0.5) is 0 Å². The van der Waals surface area contributed by atoms with Crippen LogP contribution in [0.1, 0.15) is 16.1 Å². The van der Waals surface area contributed by atoms with Gasteiger partial charge in [-0.3, -0.25) is 0 Å². The standard InChI is InChI=1S/C12H11NO3S/c1-7-3-4-8(11(5-7)17-2)10-6-9(12(14)15)13-16-10/h3-6H,1-2H3,(H,14,15). The van der Waals surface area contributed by atoms with Gasteiger partial charge in [0.15, 0.2) is 11.5 Å². The molecule has 0 aliphatic heterocycles. The molecule has 0 saturated carbocycles. The molecule has 0 radical (unpaired) electrons. The molecule has 0 unspecified atom stereocenters. The Morgan fingerprint density at radius 3 is 2.76 bits per heavy atom. The zero-order chi connectivity index (χ0) is 12.4. The third kappa shape index (κ3) is 2.34. The molecule has 0 fully saturated rings. The van der Waals surface area contributed by atoms with Crippen LogP contribution in [0.15, 0.2) is 33.7 Å². The van der Waals surface area contributed by atoms with Gasteiger partial charge in [-0.2, -0.15) is 0 Å². The third-order valence-electron chi connectivity index (χ3n) is 2.35. The Hall–Kier alpha value is -1.75. The van der Waals surface area contributed by atoms with Gasteiger partial charge in [0.25, 0.3) is 0 Å². The van der Waals surface area contributed by atoms with E-state index in [0.29, 0.717) is 5.76 Å². The quantitative estimate of drug-likeness (QED) is 0.847. The fourth-order valence-corrected chi connectivity index (χ4v) is 2.20. The number of rotatable bonds is 3. The summed E-state index contributed by atoms with van der Waals surface area (Å²) in [6, 6.07) is 7.33. The highest BCUT2D eigenvalue weighted by Crippen LogP contribution is 2.31. The maximum absolute atomic E-state index is 10.7. The number of aromatic nitrogens is 1. The molecule has 0 saturated heterocycles. The van der Waals surface area contributed by atoms with E-state index in [-0.39, 0.29) is 5.69 Å². The van der Waals surface area contributed by atoms with E-state index in [2.05, 4.69) is 5.16 Å². The van der Waals surface area contributed by atoms with Crippen LogP contribution in [0.5, 0.6) is 0 Å². The Morgan fingerprint density at radius 1 is 1.41 bits per heavy atom. The van der Waals surface area contributed by atoms with Crippen molar-refractivity contribution in [2.24, 2.45) is 0 Å². The Labute approximate surface area is 103 Å². The lowest BCUT2D eigenvalue weighted by Gasteiger charge is -2.04. The highest BCUT2D eigenvalue weighted by Gasteiger charge is 2.14. The third-order valence-corrected chi connectivity index (χ3v) is 3.13. The second-order valence-electron chi connectivity index (χ2n) is 3.59. The molecule has 4 nitrogen and oxygen atoms in total. The van der Waals surface area contributed by atoms with Gasteiger partial charge in [-0.25, -0.2) is 4.79 Å². The average molecular weight is 249 g/mol. The molecule has 0 atom stereocenters. The van der Waals surface area contributed by atoms with Gasteiger partial charge in [0, 0.05) is 16.5 Å². The van der Waals surface area contributed by atoms with Crippen molar-refractivity contribution in [1.29, 1.82) is 0 Å². The second kappa shape index (κ2) is 4.63. The summed E-state index contributed by atoms with van der Waals surface area (Å²) in [7, 11) is 0. The van der Waals surface area contributed by atoms with Gasteiger partial charge in [0.2, 0.25) is 0 Å². The van der Waals surface area contributed by atoms with Crippen LogP contribution in [-0.4, -0.2) is 22.5 Å². The predicted molar refractivity (Wildman–Crippen MR) is 65.4 cm³/mol. The Bertz CT molecular complexity index is 563. The fraction of sp³-hybridized carbons (Fsp3) is 0.167. The molecule has 1 aromatic heterocycles. The number of carboxylic acid groups (broad SMARTS) is 1. The molecule has 0 spiro atoms. The summed E-state index contributed by atoms with van der Waals surface area (Å²) in [6.07, 6.45) is 1.97. The van der Waals surface area contributed by atoms with Gasteiger partial charge in [0.05, 0.1) is 0 Å². The van der Waals surface area contributed by atoms with E-state index < -0.39 is 5.97 Å². The van der Waals surface area contributed by atoms with Crippen molar-refractivity contribution in [1.82, 2.24) is 5.16 Å². The van der Waals surface area contributed by atoms with Crippen LogP contribution in [0.3, 0.4) is 0 Å². The minimum atomic E-state index is -1.09. The number of aromatic carboxylic acids is 1. The van der Waals surface area contributed by atoms with Crippen molar-refractivity contribution in [3.63, 3.8) is 0 Å². The maximum atomic E-state index is 10.7. The average Bonchev–Trinajstić information content (AvgIpc) is 2.78. The van der Waals surface area contributed by atoms with E-state index in [0.717, 1.165) is 16.0 Å². The molecule has 2 aromatic rings. The number of nitrogens with zero attached hydrogens (tertiary/aromatic N) is 1. The van der Waals surface area contributed by atoms with Gasteiger partial charge in [-0.1, -0.05) is 11.2 Å². The van der Waals surface area contributed by atoms with Crippen LogP contribution < -0.4 is 0 Å². The molecule has 2 rings (SSSR count). The van der Waals surface area contributed by atoms with Gasteiger partial charge in [0.1, 0.15) is 0 Å². The van der Waals surface area contributed by atoms with E-state index in [1.165, 1.54) is 6.07 Å². The molecule has 1 heterocycles. The lowest BCUT2D eigenvalue weighted by Crippen LogP contribution is -1.94. The summed E-state index contributed by atoms with van der Waals surface area (Å²) in [5.74, 6) is -0.607. The molecule has 1 aromatic carbocycles. The zero-order valence-electron chi connectivity index (χ0n) is 9.43. The molecule has 88 valence electrons. The topological polar surface area (TPSA) is 63.3 Å². The molecule has 0 bridgehead atoms. The van der Waals surface area contributed by atoms with Crippen molar-refractivity contribution in [2.45, 2.75) is 11.8 Å². The van der Waals surface area contributed by atoms with E-state index >= 15 is 0 Å². The highest BCUT2D eigenvalue weighted by atomic mass is 32.2. The fourth-order valence-electron chi connectivity index (χ4n) is 1.50. The summed E-state index contributed by atoms with van der Waals surface area (Å²) in [4.78, 5) is 11.8. The first-order chi connectivity index (χ1) is 8.11. The van der Waals surface area contributed by atoms with Crippen molar-refractivity contribution in [3.8, 4) is 11.3 Å². The number of benzene rings is 1. The molecule has 0 aliphatic carbocycles. The van der Waals surface area contributed by atoms with E-state index in [1.807, 2.05) is 31.4 Å². The first-order valence-corrected chi connectivity index (χ1v) is 6.19. The molecule has 1 N–H and O–H groups in total. The summed E-state index contributed by atoms with van der Waals surface area (Å²) in [6.45, 7) is 2.01. The Morgan fingerprint density at radius 2 is 2.18 bits per heavy atom. The molecule has 0 aliphatic rings. The van der Waals surface area contributed by atoms with E-state index in [4.69, 9.17) is 9.63 Å². The first-order valence-electron chi connectivity index (χ1n) is 4.97. The molecular weight excluding hydrogens is 238 g/mol. The lowest BCUT2D eigenvalue weighted by molar-refractivity contribution is 0.0686. The van der Waals surface area contributed by atoms with E-state index in [9.17, 15) is 4.79 Å². The monoisotopic (exact) mass is 249 g/mol. The number of hydrogen-bond donors (Lipinski definition) is 1. The van der Waals surface area contributed by atoms with E-state index in [1.54, 1.807) is 11.8 Å². The van der Waals surface area contributed by atoms with Crippen molar-refractivity contribution in [2.75, 3.05) is 6.26 Å². The molecule has 0 amide bonds. The van der Waals surface area contributed by atoms with Gasteiger partial charge in [-0.15, -0.1) is 11.8 Å². The van der Waals surface area contributed by atoms with Gasteiger partial charge >= 0.3 is 5.97 Å². The van der Waals surface area contributed by atoms with Crippen molar-refractivity contribution >= 4 is 17.7 Å². The normalized spacial score (nSPS) is 10.5. The van der Waals surface area contributed by atoms with Crippen LogP contribution in [-0.2, 0) is 0 Å². The second-order valence-corrected chi connectivity index (χ2v) is 4.43. The number of hydrogen-bond acceptors (Lipinski definition) is 4. The lowest BCUT2D eigenvalue weighted by atomic mass is 10.1. The van der Waals surface area contributed by atoms with Crippen LogP contribution >= 0.6 is 11.8 Å². The van der Waals surface area contributed by atoms with Crippen LogP contribution in [0.25, 0.3) is 11.3 Å².